The Labute approximate surface area is 123 Å². The van der Waals surface area contributed by atoms with Gasteiger partial charge in [-0.3, -0.25) is 4.68 Å². The molecule has 2 heterocycles. The summed E-state index contributed by atoms with van der Waals surface area (Å²) in [6.07, 6.45) is 6.04. The lowest BCUT2D eigenvalue weighted by Crippen LogP contribution is -2.55. The fourth-order valence-electron chi connectivity index (χ4n) is 2.88. The Morgan fingerprint density at radius 1 is 1.48 bits per heavy atom. The fraction of sp³-hybridized carbons (Fsp3) is 0.643. The van der Waals surface area contributed by atoms with Gasteiger partial charge >= 0.3 is 12.0 Å². The van der Waals surface area contributed by atoms with Gasteiger partial charge in [-0.05, 0) is 31.7 Å². The maximum Gasteiger partial charge on any atom is 0.329 e. The van der Waals surface area contributed by atoms with E-state index in [4.69, 9.17) is 0 Å². The molecule has 0 radical (unpaired) electrons. The average Bonchev–Trinajstić information content (AvgIpc) is 3.12. The standard InChI is InChI=1S/C14H22N4O3/c1-2-14(12(19)20)6-3-11-18(14)13(21)15-7-4-9-17-10-5-8-16-17/h5,8,10H,2-4,6-7,9,11H2,1H3,(H,15,21)(H,19,20). The van der Waals surface area contributed by atoms with Crippen molar-refractivity contribution in [1.29, 1.82) is 0 Å². The molecule has 1 aromatic rings. The molecule has 1 aliphatic heterocycles. The molecule has 0 bridgehead atoms. The number of aryl methyl sites for hydroxylation is 1. The lowest BCUT2D eigenvalue weighted by molar-refractivity contribution is -0.148. The summed E-state index contributed by atoms with van der Waals surface area (Å²) in [4.78, 5) is 25.2. The van der Waals surface area contributed by atoms with Crippen LogP contribution in [0, 0.1) is 0 Å². The normalized spacial score (nSPS) is 21.5. The smallest absolute Gasteiger partial charge is 0.329 e. The van der Waals surface area contributed by atoms with Gasteiger partial charge in [-0.15, -0.1) is 0 Å². The minimum absolute atomic E-state index is 0.280. The van der Waals surface area contributed by atoms with Crippen LogP contribution in [0.5, 0.6) is 0 Å². The van der Waals surface area contributed by atoms with Crippen molar-refractivity contribution in [2.24, 2.45) is 0 Å². The molecule has 0 aromatic carbocycles. The van der Waals surface area contributed by atoms with Gasteiger partial charge in [0.1, 0.15) is 5.54 Å². The van der Waals surface area contributed by atoms with Crippen molar-refractivity contribution >= 4 is 12.0 Å². The fourth-order valence-corrected chi connectivity index (χ4v) is 2.88. The molecule has 0 aliphatic carbocycles. The minimum Gasteiger partial charge on any atom is -0.479 e. The first-order valence-corrected chi connectivity index (χ1v) is 7.36. The summed E-state index contributed by atoms with van der Waals surface area (Å²) in [5.41, 5.74) is -1.04. The van der Waals surface area contributed by atoms with Crippen molar-refractivity contribution in [3.8, 4) is 0 Å². The van der Waals surface area contributed by atoms with Crippen LogP contribution in [0.25, 0.3) is 0 Å². The van der Waals surface area contributed by atoms with Crippen LogP contribution >= 0.6 is 0 Å². The molecule has 1 saturated heterocycles. The van der Waals surface area contributed by atoms with Gasteiger partial charge in [-0.25, -0.2) is 9.59 Å². The van der Waals surface area contributed by atoms with Crippen molar-refractivity contribution in [1.82, 2.24) is 20.0 Å². The highest BCUT2D eigenvalue weighted by Gasteiger charge is 2.48. The Kier molecular flexibility index (Phi) is 4.82. The number of nitrogens with one attached hydrogen (secondary N) is 1. The van der Waals surface area contributed by atoms with Crippen molar-refractivity contribution in [3.05, 3.63) is 18.5 Å². The maximum atomic E-state index is 12.2. The summed E-state index contributed by atoms with van der Waals surface area (Å²) in [6.45, 7) is 3.56. The predicted octanol–water partition coefficient (Wildman–Crippen LogP) is 1.31. The summed E-state index contributed by atoms with van der Waals surface area (Å²) in [5.74, 6) is -0.908. The first kappa shape index (κ1) is 15.3. The average molecular weight is 294 g/mol. The number of rotatable bonds is 6. The number of urea groups is 1. The second-order valence-corrected chi connectivity index (χ2v) is 5.30. The molecule has 21 heavy (non-hydrogen) atoms. The van der Waals surface area contributed by atoms with Gasteiger partial charge in [0.15, 0.2) is 0 Å². The number of carbonyl (C=O) groups excluding carboxylic acids is 1. The third-order valence-corrected chi connectivity index (χ3v) is 4.12. The van der Waals surface area contributed by atoms with Crippen LogP contribution < -0.4 is 5.32 Å². The van der Waals surface area contributed by atoms with E-state index in [0.717, 1.165) is 19.4 Å². The van der Waals surface area contributed by atoms with Crippen molar-refractivity contribution in [3.63, 3.8) is 0 Å². The molecule has 1 fully saturated rings. The molecular weight excluding hydrogens is 272 g/mol. The van der Waals surface area contributed by atoms with Gasteiger partial charge < -0.3 is 15.3 Å². The van der Waals surface area contributed by atoms with E-state index in [1.165, 1.54) is 4.90 Å². The number of carboxylic acids is 1. The van der Waals surface area contributed by atoms with Gasteiger partial charge in [-0.1, -0.05) is 6.92 Å². The zero-order valence-electron chi connectivity index (χ0n) is 12.3. The van der Waals surface area contributed by atoms with Gasteiger partial charge in [0, 0.05) is 32.0 Å². The molecular formula is C14H22N4O3. The topological polar surface area (TPSA) is 87.5 Å². The van der Waals surface area contributed by atoms with Gasteiger partial charge in [0.05, 0.1) is 0 Å². The summed E-state index contributed by atoms with van der Waals surface area (Å²) in [7, 11) is 0. The molecule has 2 N–H and O–H groups in total. The Morgan fingerprint density at radius 2 is 2.29 bits per heavy atom. The Hall–Kier alpha value is -2.05. The summed E-state index contributed by atoms with van der Waals surface area (Å²) >= 11 is 0. The van der Waals surface area contributed by atoms with E-state index in [1.807, 2.05) is 19.2 Å². The SMILES string of the molecule is CCC1(C(=O)O)CCCN1C(=O)NCCCn1cccn1. The van der Waals surface area contributed by atoms with E-state index in [1.54, 1.807) is 10.9 Å². The largest absolute Gasteiger partial charge is 0.479 e. The Morgan fingerprint density at radius 3 is 2.90 bits per heavy atom. The number of amides is 2. The monoisotopic (exact) mass is 294 g/mol. The third-order valence-electron chi connectivity index (χ3n) is 4.12. The quantitative estimate of drug-likeness (QED) is 0.774. The molecule has 7 heteroatoms. The maximum absolute atomic E-state index is 12.2. The molecule has 1 aromatic heterocycles. The van der Waals surface area contributed by atoms with Crippen LogP contribution in [0.1, 0.15) is 32.6 Å². The zero-order valence-corrected chi connectivity index (χ0v) is 12.3. The molecule has 0 spiro atoms. The molecule has 2 rings (SSSR count). The lowest BCUT2D eigenvalue weighted by Gasteiger charge is -2.33. The van der Waals surface area contributed by atoms with Crippen LogP contribution in [0.15, 0.2) is 18.5 Å². The summed E-state index contributed by atoms with van der Waals surface area (Å²) in [6, 6.07) is 1.57. The van der Waals surface area contributed by atoms with Gasteiger partial charge in [0.25, 0.3) is 0 Å². The molecule has 1 atom stereocenters. The summed E-state index contributed by atoms with van der Waals surface area (Å²) < 4.78 is 1.80. The number of hydrogen-bond acceptors (Lipinski definition) is 3. The van der Waals surface area contributed by atoms with Crippen LogP contribution in [0.3, 0.4) is 0 Å². The molecule has 1 unspecified atom stereocenters. The van der Waals surface area contributed by atoms with E-state index in [9.17, 15) is 14.7 Å². The second kappa shape index (κ2) is 6.60. The molecule has 2 amide bonds. The number of carbonyl (C=O) groups is 2. The molecule has 1 aliphatic rings. The third kappa shape index (κ3) is 3.17. The molecule has 0 saturated carbocycles. The lowest BCUT2D eigenvalue weighted by atomic mass is 9.93. The summed E-state index contributed by atoms with van der Waals surface area (Å²) in [5, 5.41) is 16.3. The van der Waals surface area contributed by atoms with Crippen molar-refractivity contribution in [2.45, 2.75) is 44.7 Å². The van der Waals surface area contributed by atoms with Crippen LogP contribution in [-0.2, 0) is 11.3 Å². The van der Waals surface area contributed by atoms with Crippen molar-refractivity contribution in [2.75, 3.05) is 13.1 Å². The first-order valence-electron chi connectivity index (χ1n) is 7.36. The Bertz CT molecular complexity index is 488. The minimum atomic E-state index is -1.04. The van der Waals surface area contributed by atoms with E-state index in [0.29, 0.717) is 25.9 Å². The van der Waals surface area contributed by atoms with E-state index in [2.05, 4.69) is 10.4 Å². The molecule has 7 nitrogen and oxygen atoms in total. The first-order chi connectivity index (χ1) is 10.1. The zero-order chi connectivity index (χ0) is 15.3. The van der Waals surface area contributed by atoms with Crippen LogP contribution in [0.4, 0.5) is 4.79 Å². The number of likely N-dealkylation sites (tertiary alicyclic amines) is 1. The number of carboxylic acid groups (broad SMARTS) is 1. The predicted molar refractivity (Wildman–Crippen MR) is 76.8 cm³/mol. The second-order valence-electron chi connectivity index (χ2n) is 5.30. The van der Waals surface area contributed by atoms with Gasteiger partial charge in [-0.2, -0.15) is 5.10 Å². The van der Waals surface area contributed by atoms with Crippen molar-refractivity contribution < 1.29 is 14.7 Å². The van der Waals surface area contributed by atoms with Gasteiger partial charge in [0.2, 0.25) is 0 Å². The Balaban J connectivity index is 1.83. The number of nitrogens with zero attached hydrogens (tertiary/aromatic N) is 3. The number of aliphatic carboxylic acids is 1. The highest BCUT2D eigenvalue weighted by atomic mass is 16.4. The number of aromatic nitrogens is 2. The van der Waals surface area contributed by atoms with E-state index in [-0.39, 0.29) is 6.03 Å². The highest BCUT2D eigenvalue weighted by molar-refractivity contribution is 5.87. The molecule has 116 valence electrons. The highest BCUT2D eigenvalue weighted by Crippen LogP contribution is 2.32. The van der Waals surface area contributed by atoms with Crippen LogP contribution in [0.2, 0.25) is 0 Å². The van der Waals surface area contributed by atoms with E-state index < -0.39 is 11.5 Å². The van der Waals surface area contributed by atoms with Crippen LogP contribution in [-0.4, -0.2) is 50.4 Å². The number of hydrogen-bond donors (Lipinski definition) is 2. The van der Waals surface area contributed by atoms with E-state index >= 15 is 0 Å².